The molecule has 14 heavy (non-hydrogen) atoms. The molecule has 2 heterocycles. The molecule has 0 atom stereocenters. The van der Waals surface area contributed by atoms with E-state index >= 15 is 0 Å². The Bertz CT molecular complexity index is 407. The van der Waals surface area contributed by atoms with E-state index in [0.717, 1.165) is 5.01 Å². The molecule has 72 valence electrons. The summed E-state index contributed by atoms with van der Waals surface area (Å²) >= 11 is 0. The van der Waals surface area contributed by atoms with Crippen LogP contribution >= 0.6 is 0 Å². The van der Waals surface area contributed by atoms with Crippen LogP contribution < -0.4 is 0 Å². The Kier molecular flexibility index (Phi) is 1.88. The van der Waals surface area contributed by atoms with Crippen molar-refractivity contribution in [3.05, 3.63) is 18.5 Å². The van der Waals surface area contributed by atoms with Crippen molar-refractivity contribution in [1.82, 2.24) is 14.8 Å². The predicted molar refractivity (Wildman–Crippen MR) is 47.5 cm³/mol. The zero-order valence-electron chi connectivity index (χ0n) is 7.54. The number of likely N-dealkylation sites (N-methyl/N-ethyl adjacent to an activating group) is 1. The van der Waals surface area contributed by atoms with Crippen LogP contribution in [0.4, 0.5) is 0 Å². The minimum absolute atomic E-state index is 0.0573. The molecule has 1 aliphatic rings. The number of aromatic nitrogens is 2. The Morgan fingerprint density at radius 3 is 2.71 bits per heavy atom. The smallest absolute Gasteiger partial charge is 0.279 e. The largest absolute Gasteiger partial charge is 0.318 e. The third-order valence-electron chi connectivity index (χ3n) is 1.87. The number of carbonyl (C=O) groups is 2. The Labute approximate surface area is 79.8 Å². The van der Waals surface area contributed by atoms with E-state index < -0.39 is 11.7 Å². The number of hydrogen-bond donors (Lipinski definition) is 0. The number of amides is 1. The number of rotatable bonds is 1. The van der Waals surface area contributed by atoms with Gasteiger partial charge < -0.3 is 0 Å². The maximum Gasteiger partial charge on any atom is 0.318 e. The standard InChI is InChI=1S/C8H8N4O2/c1-2-11-8(14)6(13)7(10-11)12-5-3-4-9-12/h3-5H,2H2,1H3. The number of ketones is 1. The van der Waals surface area contributed by atoms with E-state index in [0.29, 0.717) is 6.54 Å². The Morgan fingerprint density at radius 2 is 2.21 bits per heavy atom. The lowest BCUT2D eigenvalue weighted by molar-refractivity contribution is -0.139. The molecule has 0 aromatic carbocycles. The fraction of sp³-hybridized carbons (Fsp3) is 0.250. The molecule has 0 bridgehead atoms. The number of carbonyl (C=O) groups excluding carboxylic acids is 2. The van der Waals surface area contributed by atoms with E-state index in [4.69, 9.17) is 0 Å². The fourth-order valence-electron chi connectivity index (χ4n) is 1.18. The Hall–Kier alpha value is -1.98. The highest BCUT2D eigenvalue weighted by Crippen LogP contribution is 2.05. The Balaban J connectivity index is 2.38. The van der Waals surface area contributed by atoms with Gasteiger partial charge in [0.25, 0.3) is 5.78 Å². The molecule has 0 aliphatic carbocycles. The van der Waals surface area contributed by atoms with Crippen LogP contribution in [-0.2, 0) is 9.59 Å². The highest BCUT2D eigenvalue weighted by molar-refractivity contribution is 6.66. The minimum Gasteiger partial charge on any atom is -0.279 e. The molecule has 1 aromatic heterocycles. The Morgan fingerprint density at radius 1 is 1.43 bits per heavy atom. The van der Waals surface area contributed by atoms with Gasteiger partial charge in [0.2, 0.25) is 5.84 Å². The minimum atomic E-state index is -0.615. The van der Waals surface area contributed by atoms with Crippen molar-refractivity contribution in [3.63, 3.8) is 0 Å². The maximum atomic E-state index is 11.4. The molecule has 0 spiro atoms. The summed E-state index contributed by atoms with van der Waals surface area (Å²) in [6.07, 6.45) is 3.10. The van der Waals surface area contributed by atoms with Crippen LogP contribution in [-0.4, -0.2) is 38.9 Å². The van der Waals surface area contributed by atoms with E-state index in [1.54, 1.807) is 19.2 Å². The number of hydrogen-bond acceptors (Lipinski definition) is 4. The average Bonchev–Trinajstić information content (AvgIpc) is 2.78. The van der Waals surface area contributed by atoms with E-state index in [1.807, 2.05) is 0 Å². The summed E-state index contributed by atoms with van der Waals surface area (Å²) in [5.74, 6) is -1.16. The molecule has 0 radical (unpaired) electrons. The van der Waals surface area contributed by atoms with Crippen LogP contribution in [0.2, 0.25) is 0 Å². The predicted octanol–water partition coefficient (Wildman–Crippen LogP) is -0.524. The van der Waals surface area contributed by atoms with Crippen molar-refractivity contribution >= 4 is 17.5 Å². The van der Waals surface area contributed by atoms with E-state index in [-0.39, 0.29) is 5.84 Å². The molecule has 0 saturated heterocycles. The summed E-state index contributed by atoms with van der Waals surface area (Å²) < 4.78 is 1.29. The van der Waals surface area contributed by atoms with Crippen LogP contribution in [0.5, 0.6) is 0 Å². The van der Waals surface area contributed by atoms with Crippen molar-refractivity contribution in [3.8, 4) is 0 Å². The van der Waals surface area contributed by atoms with Gasteiger partial charge in [0, 0.05) is 18.9 Å². The van der Waals surface area contributed by atoms with Crippen molar-refractivity contribution in [2.75, 3.05) is 6.54 Å². The second-order valence-corrected chi connectivity index (χ2v) is 2.72. The molecule has 0 N–H and O–H groups in total. The van der Waals surface area contributed by atoms with Crippen molar-refractivity contribution in [1.29, 1.82) is 0 Å². The maximum absolute atomic E-state index is 11.4. The summed E-state index contributed by atoms with van der Waals surface area (Å²) in [7, 11) is 0. The van der Waals surface area contributed by atoms with Gasteiger partial charge in [-0.15, -0.1) is 5.10 Å². The number of Topliss-reactive ketones (excluding diaryl/α,β-unsaturated/α-hetero) is 1. The molecular formula is C8H8N4O2. The van der Waals surface area contributed by atoms with Gasteiger partial charge in [-0.2, -0.15) is 5.10 Å². The average molecular weight is 192 g/mol. The van der Waals surface area contributed by atoms with Gasteiger partial charge in [0.05, 0.1) is 0 Å². The zero-order chi connectivity index (χ0) is 10.1. The first-order chi connectivity index (χ1) is 6.74. The van der Waals surface area contributed by atoms with Gasteiger partial charge >= 0.3 is 5.91 Å². The van der Waals surface area contributed by atoms with E-state index in [9.17, 15) is 9.59 Å². The molecule has 1 aliphatic heterocycles. The topological polar surface area (TPSA) is 67.6 Å². The summed E-state index contributed by atoms with van der Waals surface area (Å²) in [6, 6.07) is 1.66. The second-order valence-electron chi connectivity index (χ2n) is 2.72. The highest BCUT2D eigenvalue weighted by atomic mass is 16.2. The summed E-state index contributed by atoms with van der Waals surface area (Å²) in [6.45, 7) is 2.13. The quantitative estimate of drug-likeness (QED) is 0.562. The number of nitrogens with zero attached hydrogens (tertiary/aromatic N) is 4. The first-order valence-electron chi connectivity index (χ1n) is 4.19. The van der Waals surface area contributed by atoms with Crippen molar-refractivity contribution in [2.45, 2.75) is 6.92 Å². The van der Waals surface area contributed by atoms with E-state index in [2.05, 4.69) is 10.2 Å². The normalized spacial score (nSPS) is 16.4. The molecule has 0 fully saturated rings. The zero-order valence-corrected chi connectivity index (χ0v) is 7.54. The third-order valence-corrected chi connectivity index (χ3v) is 1.87. The molecular weight excluding hydrogens is 184 g/mol. The van der Waals surface area contributed by atoms with Crippen molar-refractivity contribution < 1.29 is 9.59 Å². The van der Waals surface area contributed by atoms with Crippen molar-refractivity contribution in [2.24, 2.45) is 5.10 Å². The SMILES string of the molecule is CCN1N=C(n2cccn2)C(=O)C1=O. The summed E-state index contributed by atoms with van der Waals surface area (Å²) in [5.41, 5.74) is 0. The van der Waals surface area contributed by atoms with E-state index in [1.165, 1.54) is 10.9 Å². The van der Waals surface area contributed by atoms with Gasteiger partial charge in [-0.05, 0) is 13.0 Å². The lowest BCUT2D eigenvalue weighted by Gasteiger charge is -2.03. The molecule has 2 rings (SSSR count). The first-order valence-corrected chi connectivity index (χ1v) is 4.19. The molecule has 1 amide bonds. The van der Waals surface area contributed by atoms with Gasteiger partial charge in [0.15, 0.2) is 0 Å². The molecule has 0 unspecified atom stereocenters. The molecule has 6 nitrogen and oxygen atoms in total. The molecule has 0 saturated carbocycles. The van der Waals surface area contributed by atoms with Gasteiger partial charge in [-0.3, -0.25) is 9.59 Å². The number of hydrazone groups is 1. The molecule has 6 heteroatoms. The third kappa shape index (κ3) is 1.12. The second kappa shape index (κ2) is 3.06. The van der Waals surface area contributed by atoms with Crippen LogP contribution in [0.15, 0.2) is 23.6 Å². The van der Waals surface area contributed by atoms with Gasteiger partial charge in [-0.1, -0.05) is 0 Å². The van der Waals surface area contributed by atoms with Gasteiger partial charge in [-0.25, -0.2) is 9.69 Å². The fourth-order valence-corrected chi connectivity index (χ4v) is 1.18. The monoisotopic (exact) mass is 192 g/mol. The van der Waals surface area contributed by atoms with Gasteiger partial charge in [0.1, 0.15) is 0 Å². The van der Waals surface area contributed by atoms with Crippen LogP contribution in [0.25, 0.3) is 0 Å². The lowest BCUT2D eigenvalue weighted by atomic mass is 10.3. The van der Waals surface area contributed by atoms with Crippen LogP contribution in [0.3, 0.4) is 0 Å². The summed E-state index contributed by atoms with van der Waals surface area (Å²) in [5, 5.41) is 8.82. The summed E-state index contributed by atoms with van der Waals surface area (Å²) in [4.78, 5) is 22.7. The molecule has 1 aromatic rings. The highest BCUT2D eigenvalue weighted by Gasteiger charge is 2.34. The van der Waals surface area contributed by atoms with Crippen LogP contribution in [0, 0.1) is 0 Å². The van der Waals surface area contributed by atoms with Crippen LogP contribution in [0.1, 0.15) is 6.92 Å². The first kappa shape index (κ1) is 8.61. The lowest BCUT2D eigenvalue weighted by Crippen LogP contribution is -2.29.